The first-order valence-corrected chi connectivity index (χ1v) is 8.44. The van der Waals surface area contributed by atoms with Gasteiger partial charge in [0.25, 0.3) is 0 Å². The van der Waals surface area contributed by atoms with Gasteiger partial charge in [0.1, 0.15) is 5.82 Å². The van der Waals surface area contributed by atoms with Gasteiger partial charge in [-0.05, 0) is 0 Å². The molecule has 26 heavy (non-hydrogen) atoms. The molecule has 0 atom stereocenters. The predicted octanol–water partition coefficient (Wildman–Crippen LogP) is 0.495. The molecular formula is C16H19N9O. The molecule has 0 unspecified atom stereocenters. The number of hydrogen-bond acceptors (Lipinski definition) is 9. The zero-order valence-electron chi connectivity index (χ0n) is 14.4. The summed E-state index contributed by atoms with van der Waals surface area (Å²) in [5.41, 5.74) is 6.26. The highest BCUT2D eigenvalue weighted by atomic mass is 16.5. The number of nitrogen functional groups attached to an aromatic ring is 1. The molecule has 1 aliphatic heterocycles. The Morgan fingerprint density at radius 1 is 1.04 bits per heavy atom. The maximum atomic E-state index is 5.59. The van der Waals surface area contributed by atoms with E-state index < -0.39 is 0 Å². The van der Waals surface area contributed by atoms with Crippen molar-refractivity contribution in [2.24, 2.45) is 0 Å². The molecule has 10 heteroatoms. The number of imidazole rings is 1. The molecule has 0 aliphatic carbocycles. The Balaban J connectivity index is 1.82. The molecule has 0 spiro atoms. The summed E-state index contributed by atoms with van der Waals surface area (Å²) in [6, 6.07) is 0. The molecule has 10 nitrogen and oxygen atoms in total. The fraction of sp³-hybridized carbons (Fsp3) is 0.375. The zero-order chi connectivity index (χ0) is 17.9. The summed E-state index contributed by atoms with van der Waals surface area (Å²) in [4.78, 5) is 28.4. The number of ether oxygens (including phenoxy) is 1. The minimum Gasteiger partial charge on any atom is -0.378 e. The average Bonchev–Trinajstić information content (AvgIpc) is 3.18. The highest BCUT2D eigenvalue weighted by molar-refractivity contribution is 5.55. The van der Waals surface area contributed by atoms with Crippen molar-refractivity contribution in [2.75, 3.05) is 36.9 Å². The standard InChI is InChI=1S/C16H19N9O/c1-2-12-18-3-4-25(12)16-22-13(11-9-19-14(17)20-10-11)21-15(23-16)24-5-7-26-8-6-24/h3-4,9-10H,2,5-8H2,1H3,(H2,17,19,20). The van der Waals surface area contributed by atoms with Crippen molar-refractivity contribution in [1.82, 2.24) is 34.5 Å². The summed E-state index contributed by atoms with van der Waals surface area (Å²) in [6.45, 7) is 4.79. The van der Waals surface area contributed by atoms with Gasteiger partial charge in [-0.3, -0.25) is 4.57 Å². The fourth-order valence-corrected chi connectivity index (χ4v) is 2.73. The van der Waals surface area contributed by atoms with Gasteiger partial charge in [-0.15, -0.1) is 0 Å². The molecule has 1 aliphatic rings. The van der Waals surface area contributed by atoms with Crippen LogP contribution in [-0.2, 0) is 11.2 Å². The number of anilines is 2. The van der Waals surface area contributed by atoms with Crippen molar-refractivity contribution in [3.8, 4) is 17.3 Å². The second-order valence-electron chi connectivity index (χ2n) is 5.76. The summed E-state index contributed by atoms with van der Waals surface area (Å²) in [5, 5.41) is 0. The molecule has 2 N–H and O–H groups in total. The minimum absolute atomic E-state index is 0.208. The molecule has 0 bridgehead atoms. The predicted molar refractivity (Wildman–Crippen MR) is 94.8 cm³/mol. The molecule has 3 aromatic rings. The third kappa shape index (κ3) is 3.18. The number of nitrogens with two attached hydrogens (primary N) is 1. The Labute approximate surface area is 150 Å². The lowest BCUT2D eigenvalue weighted by atomic mass is 10.3. The molecule has 4 rings (SSSR count). The maximum absolute atomic E-state index is 5.59. The second kappa shape index (κ2) is 7.00. The van der Waals surface area contributed by atoms with E-state index in [0.717, 1.165) is 25.3 Å². The van der Waals surface area contributed by atoms with Crippen molar-refractivity contribution in [3.05, 3.63) is 30.6 Å². The lowest BCUT2D eigenvalue weighted by Crippen LogP contribution is -2.37. The van der Waals surface area contributed by atoms with Crippen LogP contribution in [0.25, 0.3) is 17.3 Å². The van der Waals surface area contributed by atoms with Crippen molar-refractivity contribution < 1.29 is 4.74 Å². The molecule has 134 valence electrons. The van der Waals surface area contributed by atoms with Crippen molar-refractivity contribution >= 4 is 11.9 Å². The van der Waals surface area contributed by atoms with Crippen molar-refractivity contribution in [3.63, 3.8) is 0 Å². The van der Waals surface area contributed by atoms with E-state index >= 15 is 0 Å². The van der Waals surface area contributed by atoms with Crippen molar-refractivity contribution in [2.45, 2.75) is 13.3 Å². The number of nitrogens with zero attached hydrogens (tertiary/aromatic N) is 8. The lowest BCUT2D eigenvalue weighted by molar-refractivity contribution is 0.122. The summed E-state index contributed by atoms with van der Waals surface area (Å²) < 4.78 is 7.29. The third-order valence-corrected chi connectivity index (χ3v) is 4.08. The number of hydrogen-bond donors (Lipinski definition) is 1. The zero-order valence-corrected chi connectivity index (χ0v) is 14.4. The fourth-order valence-electron chi connectivity index (χ4n) is 2.73. The van der Waals surface area contributed by atoms with Crippen LogP contribution in [0.2, 0.25) is 0 Å². The van der Waals surface area contributed by atoms with Gasteiger partial charge in [0, 0.05) is 44.3 Å². The van der Waals surface area contributed by atoms with E-state index in [1.807, 2.05) is 17.7 Å². The molecule has 3 aromatic heterocycles. The normalized spacial score (nSPS) is 14.6. The van der Waals surface area contributed by atoms with Crippen LogP contribution in [0.5, 0.6) is 0 Å². The van der Waals surface area contributed by atoms with Crippen LogP contribution >= 0.6 is 0 Å². The minimum atomic E-state index is 0.208. The number of aromatic nitrogens is 7. The maximum Gasteiger partial charge on any atom is 0.240 e. The van der Waals surface area contributed by atoms with Gasteiger partial charge in [0.15, 0.2) is 5.82 Å². The topological polar surface area (TPSA) is 121 Å². The van der Waals surface area contributed by atoms with Crippen LogP contribution in [0.1, 0.15) is 12.7 Å². The summed E-state index contributed by atoms with van der Waals surface area (Å²) >= 11 is 0. The lowest BCUT2D eigenvalue weighted by Gasteiger charge is -2.27. The highest BCUT2D eigenvalue weighted by Crippen LogP contribution is 2.20. The van der Waals surface area contributed by atoms with Gasteiger partial charge in [-0.2, -0.15) is 15.0 Å². The van der Waals surface area contributed by atoms with Crippen LogP contribution < -0.4 is 10.6 Å². The Kier molecular flexibility index (Phi) is 4.40. The van der Waals surface area contributed by atoms with E-state index in [-0.39, 0.29) is 5.95 Å². The highest BCUT2D eigenvalue weighted by Gasteiger charge is 2.19. The van der Waals surface area contributed by atoms with Crippen LogP contribution in [0.4, 0.5) is 11.9 Å². The molecule has 0 amide bonds. The Morgan fingerprint density at radius 2 is 1.77 bits per heavy atom. The number of morpholine rings is 1. The molecular weight excluding hydrogens is 334 g/mol. The van der Waals surface area contributed by atoms with E-state index in [1.54, 1.807) is 18.6 Å². The van der Waals surface area contributed by atoms with Crippen molar-refractivity contribution in [1.29, 1.82) is 0 Å². The molecule has 1 fully saturated rings. The second-order valence-corrected chi connectivity index (χ2v) is 5.76. The van der Waals surface area contributed by atoms with E-state index in [0.29, 0.717) is 36.5 Å². The van der Waals surface area contributed by atoms with E-state index in [9.17, 15) is 0 Å². The summed E-state index contributed by atoms with van der Waals surface area (Å²) in [5.74, 6) is 2.69. The van der Waals surface area contributed by atoms with Gasteiger partial charge in [0.2, 0.25) is 17.8 Å². The van der Waals surface area contributed by atoms with Crippen LogP contribution in [0.3, 0.4) is 0 Å². The smallest absolute Gasteiger partial charge is 0.240 e. The van der Waals surface area contributed by atoms with Gasteiger partial charge in [-0.25, -0.2) is 15.0 Å². The van der Waals surface area contributed by atoms with Gasteiger partial charge in [-0.1, -0.05) is 6.92 Å². The molecule has 0 radical (unpaired) electrons. The van der Waals surface area contributed by atoms with Crippen LogP contribution in [-0.4, -0.2) is 60.8 Å². The quantitative estimate of drug-likeness (QED) is 0.714. The molecule has 0 saturated carbocycles. The average molecular weight is 353 g/mol. The van der Waals surface area contributed by atoms with Crippen LogP contribution in [0.15, 0.2) is 24.8 Å². The van der Waals surface area contributed by atoms with E-state index in [1.165, 1.54) is 0 Å². The van der Waals surface area contributed by atoms with E-state index in [4.69, 9.17) is 10.5 Å². The van der Waals surface area contributed by atoms with Gasteiger partial charge >= 0.3 is 0 Å². The third-order valence-electron chi connectivity index (χ3n) is 4.08. The molecule has 0 aromatic carbocycles. The monoisotopic (exact) mass is 353 g/mol. The summed E-state index contributed by atoms with van der Waals surface area (Å²) in [6.07, 6.45) is 7.58. The first kappa shape index (κ1) is 16.3. The van der Waals surface area contributed by atoms with Gasteiger partial charge in [0.05, 0.1) is 18.8 Å². The van der Waals surface area contributed by atoms with E-state index in [2.05, 4.69) is 34.8 Å². The number of rotatable bonds is 4. The van der Waals surface area contributed by atoms with Crippen LogP contribution in [0, 0.1) is 0 Å². The molecule has 1 saturated heterocycles. The Bertz CT molecular complexity index is 887. The Morgan fingerprint density at radius 3 is 2.50 bits per heavy atom. The number of aryl methyl sites for hydroxylation is 1. The largest absolute Gasteiger partial charge is 0.378 e. The first-order chi connectivity index (χ1) is 12.7. The SMILES string of the molecule is CCc1nccn1-c1nc(-c2cnc(N)nc2)nc(N2CCOCC2)n1. The van der Waals surface area contributed by atoms with Gasteiger partial charge < -0.3 is 15.4 Å². The summed E-state index contributed by atoms with van der Waals surface area (Å²) in [7, 11) is 0. The Hall–Kier alpha value is -3.14. The first-order valence-electron chi connectivity index (χ1n) is 8.44. The molecule has 4 heterocycles.